The first-order valence-corrected chi connectivity index (χ1v) is 6.48. The van der Waals surface area contributed by atoms with Gasteiger partial charge in [-0.1, -0.05) is 5.92 Å². The Bertz CT molecular complexity index is 355. The van der Waals surface area contributed by atoms with Crippen LogP contribution in [0.2, 0.25) is 0 Å². The summed E-state index contributed by atoms with van der Waals surface area (Å²) in [4.78, 5) is 13.0. The average molecular weight is 230 g/mol. The molecule has 0 aromatic heterocycles. The molecule has 0 atom stereocenters. The Hall–Kier alpha value is -1.06. The minimum Gasteiger partial charge on any atom is -0.344 e. The largest absolute Gasteiger partial charge is 0.344 e. The lowest BCUT2D eigenvalue weighted by Gasteiger charge is -2.25. The predicted octanol–water partition coefficient (Wildman–Crippen LogP) is -1.53. The molecule has 0 aromatic rings. The van der Waals surface area contributed by atoms with E-state index in [-0.39, 0.29) is 30.5 Å². The molecule has 1 rings (SSSR count). The Morgan fingerprint density at radius 2 is 2.00 bits per heavy atom. The van der Waals surface area contributed by atoms with Crippen LogP contribution in [0.15, 0.2) is 0 Å². The van der Waals surface area contributed by atoms with Crippen LogP contribution in [0.3, 0.4) is 0 Å². The van der Waals surface area contributed by atoms with E-state index < -0.39 is 9.84 Å². The van der Waals surface area contributed by atoms with E-state index in [1.54, 1.807) is 0 Å². The summed E-state index contributed by atoms with van der Waals surface area (Å²) in [5.41, 5.74) is 0. The fraction of sp³-hybridized carbons (Fsp3) is 0.667. The lowest BCUT2D eigenvalue weighted by molar-refractivity contribution is -0.121. The highest BCUT2D eigenvalue weighted by Crippen LogP contribution is 2.02. The molecule has 6 heteroatoms. The SMILES string of the molecule is C#CCNC(=O)CN1CCS(=O)(=O)CC1. The Kier molecular flexibility index (Phi) is 4.12. The second-order valence-electron chi connectivity index (χ2n) is 3.41. The Balaban J connectivity index is 2.30. The molecule has 0 unspecified atom stereocenters. The van der Waals surface area contributed by atoms with E-state index in [4.69, 9.17) is 6.42 Å². The van der Waals surface area contributed by atoms with Gasteiger partial charge in [0.2, 0.25) is 5.91 Å². The summed E-state index contributed by atoms with van der Waals surface area (Å²) in [6.07, 6.45) is 4.99. The van der Waals surface area contributed by atoms with Crippen molar-refractivity contribution in [2.24, 2.45) is 0 Å². The smallest absolute Gasteiger partial charge is 0.234 e. The highest BCUT2D eigenvalue weighted by Gasteiger charge is 2.22. The van der Waals surface area contributed by atoms with Gasteiger partial charge in [-0.15, -0.1) is 6.42 Å². The Morgan fingerprint density at radius 1 is 1.40 bits per heavy atom. The number of terminal acetylenes is 1. The molecule has 0 bridgehead atoms. The summed E-state index contributed by atoms with van der Waals surface area (Å²) in [6, 6.07) is 0. The number of nitrogens with one attached hydrogen (secondary N) is 1. The third-order valence-corrected chi connectivity index (χ3v) is 3.80. The van der Waals surface area contributed by atoms with E-state index in [1.807, 2.05) is 4.90 Å². The Morgan fingerprint density at radius 3 is 2.53 bits per heavy atom. The van der Waals surface area contributed by atoms with Gasteiger partial charge < -0.3 is 5.32 Å². The zero-order valence-corrected chi connectivity index (χ0v) is 9.22. The molecular formula is C9H14N2O3S. The first-order valence-electron chi connectivity index (χ1n) is 4.66. The van der Waals surface area contributed by atoms with Crippen LogP contribution in [0.5, 0.6) is 0 Å². The summed E-state index contributed by atoms with van der Waals surface area (Å²) in [5.74, 6) is 2.41. The molecule has 0 aromatic carbocycles. The van der Waals surface area contributed by atoms with E-state index in [1.165, 1.54) is 0 Å². The number of carbonyl (C=O) groups is 1. The average Bonchev–Trinajstić information content (AvgIpc) is 2.18. The maximum Gasteiger partial charge on any atom is 0.234 e. The molecule has 1 aliphatic rings. The van der Waals surface area contributed by atoms with E-state index in [9.17, 15) is 13.2 Å². The minimum absolute atomic E-state index is 0.134. The highest BCUT2D eigenvalue weighted by molar-refractivity contribution is 7.91. The van der Waals surface area contributed by atoms with Crippen molar-refractivity contribution in [3.05, 3.63) is 0 Å². The predicted molar refractivity (Wildman–Crippen MR) is 56.9 cm³/mol. The molecule has 1 amide bonds. The topological polar surface area (TPSA) is 66.5 Å². The highest BCUT2D eigenvalue weighted by atomic mass is 32.2. The molecule has 1 fully saturated rings. The molecule has 1 N–H and O–H groups in total. The van der Waals surface area contributed by atoms with Crippen molar-refractivity contribution in [1.82, 2.24) is 10.2 Å². The molecular weight excluding hydrogens is 216 g/mol. The van der Waals surface area contributed by atoms with Crippen LogP contribution in [-0.4, -0.2) is 56.9 Å². The van der Waals surface area contributed by atoms with E-state index in [0.717, 1.165) is 0 Å². The lowest BCUT2D eigenvalue weighted by atomic mass is 10.4. The molecule has 15 heavy (non-hydrogen) atoms. The Labute approximate surface area is 89.7 Å². The van der Waals surface area contributed by atoms with Crippen molar-refractivity contribution in [1.29, 1.82) is 0 Å². The van der Waals surface area contributed by atoms with Gasteiger partial charge in [-0.25, -0.2) is 8.42 Å². The zero-order valence-electron chi connectivity index (χ0n) is 8.40. The quantitative estimate of drug-likeness (QED) is 0.597. The normalized spacial score (nSPS) is 20.5. The summed E-state index contributed by atoms with van der Waals surface area (Å²) < 4.78 is 22.2. The fourth-order valence-corrected chi connectivity index (χ4v) is 2.59. The van der Waals surface area contributed by atoms with Crippen molar-refractivity contribution in [2.75, 3.05) is 37.7 Å². The van der Waals surface area contributed by atoms with Gasteiger partial charge >= 0.3 is 0 Å². The summed E-state index contributed by atoms with van der Waals surface area (Å²) in [7, 11) is -2.87. The number of nitrogens with zero attached hydrogens (tertiary/aromatic N) is 1. The number of sulfone groups is 1. The van der Waals surface area contributed by atoms with Crippen LogP contribution in [0.4, 0.5) is 0 Å². The van der Waals surface area contributed by atoms with E-state index in [0.29, 0.717) is 13.1 Å². The third-order valence-electron chi connectivity index (χ3n) is 2.19. The molecule has 1 heterocycles. The summed E-state index contributed by atoms with van der Waals surface area (Å²) >= 11 is 0. The lowest BCUT2D eigenvalue weighted by Crippen LogP contribution is -2.45. The second-order valence-corrected chi connectivity index (χ2v) is 5.71. The van der Waals surface area contributed by atoms with Gasteiger partial charge in [0.25, 0.3) is 0 Å². The second kappa shape index (κ2) is 5.14. The molecule has 1 aliphatic heterocycles. The molecule has 0 saturated carbocycles. The molecule has 0 radical (unpaired) electrons. The standard InChI is InChI=1S/C9H14N2O3S/c1-2-3-10-9(12)8-11-4-6-15(13,14)7-5-11/h1H,3-8H2,(H,10,12). The van der Waals surface area contributed by atoms with Crippen LogP contribution in [-0.2, 0) is 14.6 Å². The number of rotatable bonds is 3. The van der Waals surface area contributed by atoms with Crippen molar-refractivity contribution in [3.8, 4) is 12.3 Å². The number of carbonyl (C=O) groups excluding carboxylic acids is 1. The van der Waals surface area contributed by atoms with Crippen LogP contribution in [0.25, 0.3) is 0 Å². The van der Waals surface area contributed by atoms with Gasteiger partial charge in [-0.2, -0.15) is 0 Å². The van der Waals surface area contributed by atoms with Crippen molar-refractivity contribution in [2.45, 2.75) is 0 Å². The van der Waals surface area contributed by atoms with Crippen molar-refractivity contribution >= 4 is 15.7 Å². The molecule has 0 aliphatic carbocycles. The monoisotopic (exact) mass is 230 g/mol. The van der Waals surface area contributed by atoms with E-state index in [2.05, 4.69) is 11.2 Å². The number of hydrogen-bond acceptors (Lipinski definition) is 4. The first kappa shape index (κ1) is 12.0. The van der Waals surface area contributed by atoms with Gasteiger partial charge in [-0.05, 0) is 0 Å². The van der Waals surface area contributed by atoms with Gasteiger partial charge in [0.15, 0.2) is 9.84 Å². The number of hydrogen-bond donors (Lipinski definition) is 1. The van der Waals surface area contributed by atoms with Crippen LogP contribution in [0, 0.1) is 12.3 Å². The zero-order chi connectivity index (χ0) is 11.3. The van der Waals surface area contributed by atoms with E-state index >= 15 is 0 Å². The molecule has 5 nitrogen and oxygen atoms in total. The maximum atomic E-state index is 11.2. The fourth-order valence-electron chi connectivity index (χ4n) is 1.32. The number of amides is 1. The molecule has 1 saturated heterocycles. The molecule has 0 spiro atoms. The van der Waals surface area contributed by atoms with Crippen molar-refractivity contribution in [3.63, 3.8) is 0 Å². The van der Waals surface area contributed by atoms with Gasteiger partial charge in [-0.3, -0.25) is 9.69 Å². The summed E-state index contributed by atoms with van der Waals surface area (Å²) in [5, 5.41) is 2.53. The van der Waals surface area contributed by atoms with Crippen LogP contribution < -0.4 is 5.32 Å². The van der Waals surface area contributed by atoms with Gasteiger partial charge in [0.1, 0.15) is 0 Å². The van der Waals surface area contributed by atoms with Crippen molar-refractivity contribution < 1.29 is 13.2 Å². The van der Waals surface area contributed by atoms with Gasteiger partial charge in [0, 0.05) is 13.1 Å². The van der Waals surface area contributed by atoms with Crippen LogP contribution in [0.1, 0.15) is 0 Å². The minimum atomic E-state index is -2.87. The summed E-state index contributed by atoms with van der Waals surface area (Å²) in [6.45, 7) is 1.28. The van der Waals surface area contributed by atoms with Gasteiger partial charge in [0.05, 0.1) is 24.6 Å². The van der Waals surface area contributed by atoms with Crippen LogP contribution >= 0.6 is 0 Å². The maximum absolute atomic E-state index is 11.2. The molecule has 84 valence electrons. The third kappa shape index (κ3) is 4.32. The first-order chi connectivity index (χ1) is 7.03.